The van der Waals surface area contributed by atoms with E-state index >= 15 is 0 Å². The molecule has 6 heteroatoms. The van der Waals surface area contributed by atoms with E-state index in [0.29, 0.717) is 13.1 Å². The molecular weight excluding hydrogens is 244 g/mol. The molecule has 2 rings (SSSR count). The SMILES string of the molecule is Cn1cnnc1CNCC(O)COc1ccccc1. The van der Waals surface area contributed by atoms with Crippen LogP contribution in [0.15, 0.2) is 36.7 Å². The van der Waals surface area contributed by atoms with Gasteiger partial charge in [0.15, 0.2) is 0 Å². The molecule has 0 fully saturated rings. The van der Waals surface area contributed by atoms with Crippen molar-refractivity contribution in [3.8, 4) is 5.75 Å². The number of aryl methyl sites for hydroxylation is 1. The number of nitrogens with one attached hydrogen (secondary N) is 1. The lowest BCUT2D eigenvalue weighted by Gasteiger charge is -2.13. The molecule has 0 bridgehead atoms. The number of aliphatic hydroxyl groups excluding tert-OH is 1. The maximum absolute atomic E-state index is 9.78. The van der Waals surface area contributed by atoms with Crippen LogP contribution in [0.4, 0.5) is 0 Å². The summed E-state index contributed by atoms with van der Waals surface area (Å²) in [6.45, 7) is 1.27. The molecule has 1 unspecified atom stereocenters. The maximum Gasteiger partial charge on any atom is 0.146 e. The lowest BCUT2D eigenvalue weighted by atomic mass is 10.3. The highest BCUT2D eigenvalue weighted by Crippen LogP contribution is 2.08. The average Bonchev–Trinajstić information content (AvgIpc) is 2.83. The van der Waals surface area contributed by atoms with Crippen LogP contribution >= 0.6 is 0 Å². The van der Waals surface area contributed by atoms with E-state index in [4.69, 9.17) is 4.74 Å². The zero-order valence-electron chi connectivity index (χ0n) is 10.9. The molecule has 2 aromatic rings. The van der Waals surface area contributed by atoms with E-state index in [0.717, 1.165) is 11.6 Å². The van der Waals surface area contributed by atoms with Crippen LogP contribution in [0.5, 0.6) is 5.75 Å². The van der Waals surface area contributed by atoms with Crippen molar-refractivity contribution in [2.45, 2.75) is 12.6 Å². The van der Waals surface area contributed by atoms with Gasteiger partial charge >= 0.3 is 0 Å². The van der Waals surface area contributed by atoms with Gasteiger partial charge in [0.2, 0.25) is 0 Å². The largest absolute Gasteiger partial charge is 0.491 e. The lowest BCUT2D eigenvalue weighted by Crippen LogP contribution is -2.31. The van der Waals surface area contributed by atoms with Gasteiger partial charge in [-0.1, -0.05) is 18.2 Å². The molecule has 0 aliphatic rings. The monoisotopic (exact) mass is 262 g/mol. The predicted octanol–water partition coefficient (Wildman–Crippen LogP) is 0.345. The smallest absolute Gasteiger partial charge is 0.146 e. The third-order valence-electron chi connectivity index (χ3n) is 2.65. The van der Waals surface area contributed by atoms with Crippen molar-refractivity contribution in [1.29, 1.82) is 0 Å². The van der Waals surface area contributed by atoms with Crippen molar-refractivity contribution >= 4 is 0 Å². The molecule has 0 spiro atoms. The minimum absolute atomic E-state index is 0.260. The maximum atomic E-state index is 9.78. The number of para-hydroxylation sites is 1. The van der Waals surface area contributed by atoms with Gasteiger partial charge in [-0.3, -0.25) is 0 Å². The van der Waals surface area contributed by atoms with Crippen LogP contribution in [0, 0.1) is 0 Å². The Labute approximate surface area is 112 Å². The van der Waals surface area contributed by atoms with Crippen LogP contribution in [-0.2, 0) is 13.6 Å². The first-order chi connectivity index (χ1) is 9.25. The van der Waals surface area contributed by atoms with Crippen LogP contribution in [0.3, 0.4) is 0 Å². The number of aromatic nitrogens is 3. The Morgan fingerprint density at radius 3 is 2.84 bits per heavy atom. The summed E-state index contributed by atoms with van der Waals surface area (Å²) in [5, 5.41) is 20.6. The molecule has 19 heavy (non-hydrogen) atoms. The predicted molar refractivity (Wildman–Crippen MR) is 70.7 cm³/mol. The van der Waals surface area contributed by atoms with Gasteiger partial charge in [-0.2, -0.15) is 0 Å². The standard InChI is InChI=1S/C13H18N4O2/c1-17-10-15-16-13(17)8-14-7-11(18)9-19-12-5-3-2-4-6-12/h2-6,10-11,14,18H,7-9H2,1H3. The summed E-state index contributed by atoms with van der Waals surface area (Å²) in [4.78, 5) is 0. The zero-order valence-corrected chi connectivity index (χ0v) is 10.9. The van der Waals surface area contributed by atoms with E-state index in [-0.39, 0.29) is 6.61 Å². The Balaban J connectivity index is 1.65. The molecule has 0 saturated carbocycles. The van der Waals surface area contributed by atoms with Crippen molar-refractivity contribution < 1.29 is 9.84 Å². The second-order valence-electron chi connectivity index (χ2n) is 4.27. The van der Waals surface area contributed by atoms with Crippen molar-refractivity contribution in [2.24, 2.45) is 7.05 Å². The van der Waals surface area contributed by atoms with E-state index in [1.165, 1.54) is 0 Å². The summed E-state index contributed by atoms with van der Waals surface area (Å²) in [7, 11) is 1.88. The molecule has 1 atom stereocenters. The van der Waals surface area contributed by atoms with E-state index in [1.54, 1.807) is 6.33 Å². The number of nitrogens with zero attached hydrogens (tertiary/aromatic N) is 3. The minimum Gasteiger partial charge on any atom is -0.491 e. The fraction of sp³-hybridized carbons (Fsp3) is 0.385. The first-order valence-corrected chi connectivity index (χ1v) is 6.15. The summed E-state index contributed by atoms with van der Waals surface area (Å²) in [6, 6.07) is 9.44. The van der Waals surface area contributed by atoms with Gasteiger partial charge in [0.1, 0.15) is 30.6 Å². The number of rotatable bonds is 7. The second-order valence-corrected chi connectivity index (χ2v) is 4.27. The highest BCUT2D eigenvalue weighted by Gasteiger charge is 2.06. The normalized spacial score (nSPS) is 12.3. The van der Waals surface area contributed by atoms with Gasteiger partial charge in [-0.15, -0.1) is 10.2 Å². The van der Waals surface area contributed by atoms with E-state index in [1.807, 2.05) is 41.9 Å². The van der Waals surface area contributed by atoms with Crippen molar-refractivity contribution in [2.75, 3.05) is 13.2 Å². The third kappa shape index (κ3) is 4.35. The molecule has 102 valence electrons. The fourth-order valence-corrected chi connectivity index (χ4v) is 1.59. The Morgan fingerprint density at radius 2 is 2.16 bits per heavy atom. The van der Waals surface area contributed by atoms with E-state index in [2.05, 4.69) is 15.5 Å². The van der Waals surface area contributed by atoms with Crippen LogP contribution in [0.25, 0.3) is 0 Å². The van der Waals surface area contributed by atoms with Gasteiger partial charge in [-0.25, -0.2) is 0 Å². The number of benzene rings is 1. The first kappa shape index (κ1) is 13.5. The summed E-state index contributed by atoms with van der Waals surface area (Å²) < 4.78 is 7.29. The molecule has 0 amide bonds. The minimum atomic E-state index is -0.562. The topological polar surface area (TPSA) is 72.2 Å². The molecule has 1 aromatic carbocycles. The van der Waals surface area contributed by atoms with Gasteiger partial charge in [0.05, 0.1) is 6.54 Å². The number of hydrogen-bond acceptors (Lipinski definition) is 5. The average molecular weight is 262 g/mol. The zero-order chi connectivity index (χ0) is 13.5. The Bertz CT molecular complexity index is 486. The Hall–Kier alpha value is -1.92. The van der Waals surface area contributed by atoms with Gasteiger partial charge < -0.3 is 19.7 Å². The molecule has 1 aromatic heterocycles. The van der Waals surface area contributed by atoms with Gasteiger partial charge in [0, 0.05) is 13.6 Å². The van der Waals surface area contributed by atoms with Crippen LogP contribution in [0.2, 0.25) is 0 Å². The molecule has 6 nitrogen and oxygen atoms in total. The molecule has 2 N–H and O–H groups in total. The number of hydrogen-bond donors (Lipinski definition) is 2. The summed E-state index contributed by atoms with van der Waals surface area (Å²) in [5.41, 5.74) is 0. The Morgan fingerprint density at radius 1 is 1.37 bits per heavy atom. The molecule has 0 aliphatic heterocycles. The first-order valence-electron chi connectivity index (χ1n) is 6.15. The van der Waals surface area contributed by atoms with Gasteiger partial charge in [0.25, 0.3) is 0 Å². The third-order valence-corrected chi connectivity index (χ3v) is 2.65. The second kappa shape index (κ2) is 6.86. The highest BCUT2D eigenvalue weighted by atomic mass is 16.5. The van der Waals surface area contributed by atoms with Crippen LogP contribution in [-0.4, -0.2) is 39.1 Å². The molecule has 0 radical (unpaired) electrons. The number of aliphatic hydroxyl groups is 1. The Kier molecular flexibility index (Phi) is 4.88. The number of ether oxygens (including phenoxy) is 1. The van der Waals surface area contributed by atoms with Crippen LogP contribution in [0.1, 0.15) is 5.82 Å². The molecule has 1 heterocycles. The van der Waals surface area contributed by atoms with Crippen LogP contribution < -0.4 is 10.1 Å². The van der Waals surface area contributed by atoms with E-state index < -0.39 is 6.10 Å². The lowest BCUT2D eigenvalue weighted by molar-refractivity contribution is 0.106. The molecular formula is C13H18N4O2. The summed E-state index contributed by atoms with van der Waals surface area (Å²) >= 11 is 0. The van der Waals surface area contributed by atoms with Crippen molar-refractivity contribution in [3.05, 3.63) is 42.5 Å². The molecule has 0 aliphatic carbocycles. The summed E-state index contributed by atoms with van der Waals surface area (Å²) in [5.74, 6) is 1.59. The van der Waals surface area contributed by atoms with Gasteiger partial charge in [-0.05, 0) is 12.1 Å². The van der Waals surface area contributed by atoms with Crippen molar-refractivity contribution in [1.82, 2.24) is 20.1 Å². The van der Waals surface area contributed by atoms with Crippen molar-refractivity contribution in [3.63, 3.8) is 0 Å². The molecule has 0 saturated heterocycles. The fourth-order valence-electron chi connectivity index (χ4n) is 1.59. The quantitative estimate of drug-likeness (QED) is 0.753. The highest BCUT2D eigenvalue weighted by molar-refractivity contribution is 5.20. The van der Waals surface area contributed by atoms with E-state index in [9.17, 15) is 5.11 Å². The summed E-state index contributed by atoms with van der Waals surface area (Å²) in [6.07, 6.45) is 1.08.